The largest absolute Gasteiger partial charge is 0.454 e. The molecule has 2 aromatic heterocycles. The van der Waals surface area contributed by atoms with Gasteiger partial charge in [-0.2, -0.15) is 15.2 Å². The van der Waals surface area contributed by atoms with E-state index < -0.39 is 5.82 Å². The lowest BCUT2D eigenvalue weighted by molar-refractivity contribution is 0.174. The molecule has 10 heteroatoms. The van der Waals surface area contributed by atoms with Gasteiger partial charge in [0.05, 0.1) is 6.20 Å². The van der Waals surface area contributed by atoms with Crippen molar-refractivity contribution in [3.8, 4) is 29.0 Å². The van der Waals surface area contributed by atoms with Gasteiger partial charge in [0.1, 0.15) is 6.07 Å². The first kappa shape index (κ1) is 21.3. The SMILES string of the molecule is N#Cc1ncc(F)c(N(CCCc2noc(-c3ccccc3)n2)Cc2ccc3c(c2)OCO3)n1. The number of ether oxygens (including phenoxy) is 2. The second-order valence-electron chi connectivity index (χ2n) is 7.57. The van der Waals surface area contributed by atoms with Crippen LogP contribution in [0.1, 0.15) is 23.6 Å². The minimum atomic E-state index is -0.606. The molecule has 0 N–H and O–H groups in total. The van der Waals surface area contributed by atoms with E-state index in [0.717, 1.165) is 17.3 Å². The van der Waals surface area contributed by atoms with Crippen LogP contribution in [0, 0.1) is 17.1 Å². The molecule has 0 fully saturated rings. The number of nitrogens with zero attached hydrogens (tertiary/aromatic N) is 6. The average Bonchev–Trinajstić information content (AvgIpc) is 3.54. The summed E-state index contributed by atoms with van der Waals surface area (Å²) in [6, 6.07) is 16.9. The molecule has 0 bridgehead atoms. The fraction of sp³-hybridized carbons (Fsp3) is 0.208. The zero-order valence-corrected chi connectivity index (χ0v) is 18.0. The van der Waals surface area contributed by atoms with E-state index in [1.807, 2.05) is 54.6 Å². The van der Waals surface area contributed by atoms with Gasteiger partial charge in [0.15, 0.2) is 29.0 Å². The quantitative estimate of drug-likeness (QED) is 0.388. The topological polar surface area (TPSA) is 110 Å². The predicted octanol–water partition coefficient (Wildman–Crippen LogP) is 3.91. The first-order chi connectivity index (χ1) is 16.7. The van der Waals surface area contributed by atoms with Crippen LogP contribution in [0.25, 0.3) is 11.5 Å². The van der Waals surface area contributed by atoms with Gasteiger partial charge in [-0.25, -0.2) is 9.37 Å². The second kappa shape index (κ2) is 9.54. The Morgan fingerprint density at radius 3 is 2.76 bits per heavy atom. The molecule has 0 aliphatic carbocycles. The van der Waals surface area contributed by atoms with E-state index in [1.54, 1.807) is 4.90 Å². The number of rotatable bonds is 8. The Morgan fingerprint density at radius 1 is 1.06 bits per heavy atom. The van der Waals surface area contributed by atoms with E-state index in [9.17, 15) is 9.65 Å². The molecular weight excluding hydrogens is 439 g/mol. The van der Waals surface area contributed by atoms with Gasteiger partial charge < -0.3 is 18.9 Å². The number of halogens is 1. The third-order valence-electron chi connectivity index (χ3n) is 5.25. The fourth-order valence-electron chi connectivity index (χ4n) is 3.63. The summed E-state index contributed by atoms with van der Waals surface area (Å²) >= 11 is 0. The third kappa shape index (κ3) is 4.63. The highest BCUT2D eigenvalue weighted by atomic mass is 19.1. The van der Waals surface area contributed by atoms with Crippen molar-refractivity contribution in [2.45, 2.75) is 19.4 Å². The van der Waals surface area contributed by atoms with Gasteiger partial charge in [0, 0.05) is 25.1 Å². The molecule has 4 aromatic rings. The number of aryl methyl sites for hydroxylation is 1. The molecule has 0 radical (unpaired) electrons. The molecule has 0 amide bonds. The maximum absolute atomic E-state index is 14.7. The highest BCUT2D eigenvalue weighted by Crippen LogP contribution is 2.33. The monoisotopic (exact) mass is 458 g/mol. The van der Waals surface area contributed by atoms with Crippen molar-refractivity contribution < 1.29 is 18.4 Å². The van der Waals surface area contributed by atoms with Crippen LogP contribution in [-0.4, -0.2) is 33.4 Å². The minimum Gasteiger partial charge on any atom is -0.454 e. The summed E-state index contributed by atoms with van der Waals surface area (Å²) in [6.07, 6.45) is 2.13. The van der Waals surface area contributed by atoms with Gasteiger partial charge in [0.25, 0.3) is 5.89 Å². The Kier molecular flexibility index (Phi) is 5.99. The van der Waals surface area contributed by atoms with Crippen molar-refractivity contribution in [2.75, 3.05) is 18.2 Å². The van der Waals surface area contributed by atoms with Crippen LogP contribution in [0.15, 0.2) is 59.3 Å². The number of anilines is 1. The first-order valence-corrected chi connectivity index (χ1v) is 10.6. The molecule has 0 unspecified atom stereocenters. The summed E-state index contributed by atoms with van der Waals surface area (Å²) in [7, 11) is 0. The molecule has 0 spiro atoms. The number of hydrogen-bond donors (Lipinski definition) is 0. The number of nitriles is 1. The van der Waals surface area contributed by atoms with Gasteiger partial charge in [-0.05, 0) is 36.2 Å². The highest BCUT2D eigenvalue weighted by molar-refractivity contribution is 5.52. The Labute approximate surface area is 194 Å². The number of benzene rings is 2. The first-order valence-electron chi connectivity index (χ1n) is 10.6. The van der Waals surface area contributed by atoms with Crippen LogP contribution < -0.4 is 14.4 Å². The summed E-state index contributed by atoms with van der Waals surface area (Å²) in [5, 5.41) is 13.2. The molecular formula is C24H19FN6O3. The smallest absolute Gasteiger partial charge is 0.257 e. The standard InChI is InChI=1S/C24H19FN6O3/c25-18-13-27-22(12-26)28-23(18)31(14-16-8-9-19-20(11-16)33-15-32-19)10-4-7-21-29-24(34-30-21)17-5-2-1-3-6-17/h1-3,5-6,8-9,11,13H,4,7,10,14-15H2. The van der Waals surface area contributed by atoms with Crippen molar-refractivity contribution in [2.24, 2.45) is 0 Å². The normalized spacial score (nSPS) is 11.9. The van der Waals surface area contributed by atoms with Gasteiger partial charge in [-0.15, -0.1) is 0 Å². The van der Waals surface area contributed by atoms with Crippen molar-refractivity contribution in [3.05, 3.63) is 77.8 Å². The van der Waals surface area contributed by atoms with Gasteiger partial charge in [-0.1, -0.05) is 29.4 Å². The van der Waals surface area contributed by atoms with E-state index in [-0.39, 0.29) is 18.4 Å². The van der Waals surface area contributed by atoms with Crippen LogP contribution in [0.5, 0.6) is 11.5 Å². The third-order valence-corrected chi connectivity index (χ3v) is 5.25. The fourth-order valence-corrected chi connectivity index (χ4v) is 3.63. The van der Waals surface area contributed by atoms with Crippen LogP contribution >= 0.6 is 0 Å². The van der Waals surface area contributed by atoms with Crippen LogP contribution in [0.4, 0.5) is 10.2 Å². The van der Waals surface area contributed by atoms with Crippen LogP contribution in [-0.2, 0) is 13.0 Å². The minimum absolute atomic E-state index is 0.0577. The van der Waals surface area contributed by atoms with Crippen molar-refractivity contribution in [3.63, 3.8) is 0 Å². The van der Waals surface area contributed by atoms with Crippen LogP contribution in [0.2, 0.25) is 0 Å². The molecule has 2 aromatic carbocycles. The van der Waals surface area contributed by atoms with Gasteiger partial charge >= 0.3 is 0 Å². The molecule has 5 rings (SSSR count). The summed E-state index contributed by atoms with van der Waals surface area (Å²) in [6.45, 7) is 0.948. The highest BCUT2D eigenvalue weighted by Gasteiger charge is 2.19. The van der Waals surface area contributed by atoms with Crippen molar-refractivity contribution >= 4 is 5.82 Å². The van der Waals surface area contributed by atoms with E-state index >= 15 is 0 Å². The average molecular weight is 458 g/mol. The van der Waals surface area contributed by atoms with Crippen molar-refractivity contribution in [1.82, 2.24) is 20.1 Å². The number of hydrogen-bond acceptors (Lipinski definition) is 9. The molecule has 9 nitrogen and oxygen atoms in total. The lowest BCUT2D eigenvalue weighted by atomic mass is 10.1. The van der Waals surface area contributed by atoms with Gasteiger partial charge in [-0.3, -0.25) is 0 Å². The number of fused-ring (bicyclic) bond motifs is 1. The summed E-state index contributed by atoms with van der Waals surface area (Å²) in [5.74, 6) is 1.67. The Bertz CT molecular complexity index is 1340. The van der Waals surface area contributed by atoms with Crippen LogP contribution in [0.3, 0.4) is 0 Å². The van der Waals surface area contributed by atoms with Gasteiger partial charge in [0.2, 0.25) is 12.6 Å². The van der Waals surface area contributed by atoms with E-state index in [4.69, 9.17) is 14.0 Å². The zero-order chi connectivity index (χ0) is 23.3. The maximum Gasteiger partial charge on any atom is 0.257 e. The Hall–Kier alpha value is -4.52. The summed E-state index contributed by atoms with van der Waals surface area (Å²) < 4.78 is 30.8. The maximum atomic E-state index is 14.7. The zero-order valence-electron chi connectivity index (χ0n) is 18.0. The number of aromatic nitrogens is 4. The predicted molar refractivity (Wildman–Crippen MR) is 118 cm³/mol. The van der Waals surface area contributed by atoms with E-state index in [0.29, 0.717) is 49.1 Å². The lowest BCUT2D eigenvalue weighted by Gasteiger charge is -2.24. The molecule has 1 aliphatic heterocycles. The molecule has 34 heavy (non-hydrogen) atoms. The molecule has 0 saturated heterocycles. The summed E-state index contributed by atoms with van der Waals surface area (Å²) in [4.78, 5) is 14.0. The van der Waals surface area contributed by atoms with Crippen molar-refractivity contribution in [1.29, 1.82) is 5.26 Å². The molecule has 3 heterocycles. The second-order valence-corrected chi connectivity index (χ2v) is 7.57. The Morgan fingerprint density at radius 2 is 1.91 bits per heavy atom. The van der Waals surface area contributed by atoms with E-state index in [2.05, 4.69) is 20.1 Å². The lowest BCUT2D eigenvalue weighted by Crippen LogP contribution is -2.27. The van der Waals surface area contributed by atoms with E-state index in [1.165, 1.54) is 0 Å². The molecule has 170 valence electrons. The summed E-state index contributed by atoms with van der Waals surface area (Å²) in [5.41, 5.74) is 1.73. The molecule has 0 saturated carbocycles. The molecule has 0 atom stereocenters. The Balaban J connectivity index is 1.33. The molecule has 1 aliphatic rings.